The Morgan fingerprint density at radius 1 is 1.50 bits per heavy atom. The fraction of sp³-hybridized carbons (Fsp3) is 0.909. The molecule has 0 aromatic rings. The van der Waals surface area contributed by atoms with Gasteiger partial charge in [-0.1, -0.05) is 0 Å². The summed E-state index contributed by atoms with van der Waals surface area (Å²) in [6, 6.07) is 0.680. The molecule has 16 heavy (non-hydrogen) atoms. The number of hydrogen-bond donors (Lipinski definition) is 0. The molecule has 0 bridgehead atoms. The maximum Gasteiger partial charge on any atom is 0.287 e. The Morgan fingerprint density at radius 3 is 2.75 bits per heavy atom. The Labute approximate surface area is 96.4 Å². The predicted octanol–water partition coefficient (Wildman–Crippen LogP) is 0.843. The molecular formula is C11H20N2O3. The number of amidine groups is 1. The van der Waals surface area contributed by atoms with E-state index in [0.29, 0.717) is 6.02 Å². The molecule has 0 N–H and O–H groups in total. The van der Waals surface area contributed by atoms with Gasteiger partial charge in [-0.05, 0) is 13.8 Å². The smallest absolute Gasteiger partial charge is 0.287 e. The Hall–Kier alpha value is -0.810. The number of fused-ring (bicyclic) bond motifs is 1. The molecule has 0 radical (unpaired) electrons. The van der Waals surface area contributed by atoms with E-state index in [1.54, 1.807) is 7.11 Å². The summed E-state index contributed by atoms with van der Waals surface area (Å²) in [7, 11) is 5.52. The van der Waals surface area contributed by atoms with E-state index in [4.69, 9.17) is 14.2 Å². The molecule has 2 rings (SSSR count). The summed E-state index contributed by atoms with van der Waals surface area (Å²) in [5.41, 5.74) is -0.238. The quantitative estimate of drug-likeness (QED) is 0.667. The summed E-state index contributed by atoms with van der Waals surface area (Å²) >= 11 is 0. The van der Waals surface area contributed by atoms with E-state index >= 15 is 0 Å². The highest BCUT2D eigenvalue weighted by Gasteiger charge is 2.51. The van der Waals surface area contributed by atoms with E-state index in [2.05, 4.69) is 11.9 Å². The maximum atomic E-state index is 5.83. The zero-order valence-electron chi connectivity index (χ0n) is 10.6. The van der Waals surface area contributed by atoms with Crippen molar-refractivity contribution >= 4 is 6.02 Å². The van der Waals surface area contributed by atoms with E-state index in [-0.39, 0.29) is 24.0 Å². The Balaban J connectivity index is 2.21. The SMILES string of the molecule is CO[C@H]1C[C@]2(C)N=C(N(C)C)O[C@@H]2[C@H](C)O1. The molecule has 0 unspecified atom stereocenters. The predicted molar refractivity (Wildman–Crippen MR) is 60.4 cm³/mol. The Morgan fingerprint density at radius 2 is 2.19 bits per heavy atom. The van der Waals surface area contributed by atoms with Crippen LogP contribution in [0.25, 0.3) is 0 Å². The van der Waals surface area contributed by atoms with Crippen LogP contribution in [0.5, 0.6) is 0 Å². The monoisotopic (exact) mass is 228 g/mol. The van der Waals surface area contributed by atoms with E-state index in [0.717, 1.165) is 6.42 Å². The zero-order chi connectivity index (χ0) is 11.9. The minimum atomic E-state index is -0.238. The highest BCUT2D eigenvalue weighted by atomic mass is 16.7. The molecule has 0 aliphatic carbocycles. The van der Waals surface area contributed by atoms with Crippen molar-refractivity contribution < 1.29 is 14.2 Å². The lowest BCUT2D eigenvalue weighted by atomic mass is 9.86. The van der Waals surface area contributed by atoms with Crippen LogP contribution in [0.15, 0.2) is 4.99 Å². The third-order valence-electron chi connectivity index (χ3n) is 3.21. The molecule has 5 nitrogen and oxygen atoms in total. The van der Waals surface area contributed by atoms with Crippen LogP contribution in [-0.2, 0) is 14.2 Å². The molecule has 1 fully saturated rings. The van der Waals surface area contributed by atoms with Crippen LogP contribution in [0.2, 0.25) is 0 Å². The number of rotatable bonds is 1. The first-order valence-corrected chi connectivity index (χ1v) is 5.58. The summed E-state index contributed by atoms with van der Waals surface area (Å²) in [6.45, 7) is 4.10. The molecule has 2 aliphatic rings. The highest BCUT2D eigenvalue weighted by Crippen LogP contribution is 2.38. The average molecular weight is 228 g/mol. The van der Waals surface area contributed by atoms with Gasteiger partial charge in [-0.15, -0.1) is 0 Å². The van der Waals surface area contributed by atoms with Gasteiger partial charge in [0.05, 0.1) is 6.10 Å². The summed E-state index contributed by atoms with van der Waals surface area (Å²) in [4.78, 5) is 6.54. The average Bonchev–Trinajstić information content (AvgIpc) is 2.56. The van der Waals surface area contributed by atoms with Gasteiger partial charge in [-0.25, -0.2) is 4.99 Å². The normalized spacial score (nSPS) is 42.3. The van der Waals surface area contributed by atoms with Crippen molar-refractivity contribution in [2.24, 2.45) is 4.99 Å². The number of nitrogens with zero attached hydrogens (tertiary/aromatic N) is 2. The van der Waals surface area contributed by atoms with Crippen molar-refractivity contribution in [2.75, 3.05) is 21.2 Å². The molecule has 1 saturated heterocycles. The minimum Gasteiger partial charge on any atom is -0.456 e. The summed E-state index contributed by atoms with van der Waals surface area (Å²) in [6.07, 6.45) is 0.516. The first-order chi connectivity index (χ1) is 7.46. The first-order valence-electron chi connectivity index (χ1n) is 5.58. The van der Waals surface area contributed by atoms with Crippen LogP contribution in [0.1, 0.15) is 20.3 Å². The van der Waals surface area contributed by atoms with Crippen molar-refractivity contribution in [3.63, 3.8) is 0 Å². The lowest BCUT2D eigenvalue weighted by molar-refractivity contribution is -0.218. The van der Waals surface area contributed by atoms with Crippen LogP contribution in [0, 0.1) is 0 Å². The molecule has 0 aromatic carbocycles. The zero-order valence-corrected chi connectivity index (χ0v) is 10.6. The second-order valence-corrected chi connectivity index (χ2v) is 4.90. The van der Waals surface area contributed by atoms with Gasteiger partial charge in [0, 0.05) is 27.6 Å². The van der Waals surface area contributed by atoms with Crippen LogP contribution >= 0.6 is 0 Å². The molecule has 2 heterocycles. The van der Waals surface area contributed by atoms with Gasteiger partial charge in [0.2, 0.25) is 0 Å². The molecule has 2 aliphatic heterocycles. The lowest BCUT2D eigenvalue weighted by Gasteiger charge is -2.40. The Bertz CT molecular complexity index is 306. The van der Waals surface area contributed by atoms with Gasteiger partial charge in [-0.3, -0.25) is 0 Å². The van der Waals surface area contributed by atoms with Crippen molar-refractivity contribution in [2.45, 2.75) is 44.3 Å². The van der Waals surface area contributed by atoms with Crippen molar-refractivity contribution in [1.29, 1.82) is 0 Å². The highest BCUT2D eigenvalue weighted by molar-refractivity contribution is 5.76. The second kappa shape index (κ2) is 3.89. The Kier molecular flexibility index (Phi) is 2.84. The second-order valence-electron chi connectivity index (χ2n) is 4.90. The molecule has 0 saturated carbocycles. The fourth-order valence-corrected chi connectivity index (χ4v) is 2.35. The van der Waals surface area contributed by atoms with Crippen LogP contribution in [0.4, 0.5) is 0 Å². The summed E-state index contributed by atoms with van der Waals surface area (Å²) in [5, 5.41) is 0. The molecule has 0 spiro atoms. The standard InChI is InChI=1S/C11H20N2O3/c1-7-9-11(2,6-8(14-5)15-7)12-10(16-9)13(3)4/h7-9H,6H2,1-5H3/t7-,8+,9+,11-/m0/s1. The van der Waals surface area contributed by atoms with E-state index < -0.39 is 0 Å². The van der Waals surface area contributed by atoms with Gasteiger partial charge in [0.1, 0.15) is 5.54 Å². The van der Waals surface area contributed by atoms with Crippen LogP contribution in [0.3, 0.4) is 0 Å². The fourth-order valence-electron chi connectivity index (χ4n) is 2.35. The molecule has 4 atom stereocenters. The third kappa shape index (κ3) is 1.78. The van der Waals surface area contributed by atoms with Crippen LogP contribution in [-0.4, -0.2) is 56.2 Å². The van der Waals surface area contributed by atoms with Gasteiger partial charge in [-0.2, -0.15) is 0 Å². The third-order valence-corrected chi connectivity index (χ3v) is 3.21. The topological polar surface area (TPSA) is 43.3 Å². The number of aliphatic imine (C=N–C) groups is 1. The molecular weight excluding hydrogens is 208 g/mol. The molecule has 5 heteroatoms. The molecule has 0 amide bonds. The van der Waals surface area contributed by atoms with Gasteiger partial charge >= 0.3 is 0 Å². The van der Waals surface area contributed by atoms with E-state index in [1.165, 1.54) is 0 Å². The maximum absolute atomic E-state index is 5.83. The van der Waals surface area contributed by atoms with E-state index in [9.17, 15) is 0 Å². The number of hydrogen-bond acceptors (Lipinski definition) is 5. The number of ether oxygens (including phenoxy) is 3. The van der Waals surface area contributed by atoms with Gasteiger partial charge in [0.25, 0.3) is 6.02 Å². The van der Waals surface area contributed by atoms with Crippen molar-refractivity contribution in [3.05, 3.63) is 0 Å². The van der Waals surface area contributed by atoms with Gasteiger partial charge in [0.15, 0.2) is 12.4 Å². The van der Waals surface area contributed by atoms with Gasteiger partial charge < -0.3 is 19.1 Å². The number of methoxy groups -OCH3 is 1. The van der Waals surface area contributed by atoms with Crippen LogP contribution < -0.4 is 0 Å². The van der Waals surface area contributed by atoms with E-state index in [1.807, 2.05) is 25.9 Å². The van der Waals surface area contributed by atoms with Crippen molar-refractivity contribution in [3.8, 4) is 0 Å². The lowest BCUT2D eigenvalue weighted by Crippen LogP contribution is -2.52. The summed E-state index contributed by atoms with van der Waals surface area (Å²) < 4.78 is 16.8. The summed E-state index contributed by atoms with van der Waals surface area (Å²) in [5.74, 6) is 0. The first kappa shape index (κ1) is 11.7. The largest absolute Gasteiger partial charge is 0.456 e. The molecule has 0 aromatic heterocycles. The minimum absolute atomic E-state index is 0.00935. The molecule has 92 valence electrons. The van der Waals surface area contributed by atoms with Crippen molar-refractivity contribution in [1.82, 2.24) is 4.90 Å².